The van der Waals surface area contributed by atoms with Crippen LogP contribution in [0.5, 0.6) is 0 Å². The van der Waals surface area contributed by atoms with E-state index in [0.717, 1.165) is 16.8 Å². The molecule has 0 saturated heterocycles. The molecule has 3 heteroatoms. The minimum atomic E-state index is 0.336. The topological polar surface area (TPSA) is 25.8 Å². The first-order valence-electron chi connectivity index (χ1n) is 6.63. The second kappa shape index (κ2) is 5.70. The third-order valence-corrected chi connectivity index (χ3v) is 3.49. The Bertz CT molecular complexity index is 562. The summed E-state index contributed by atoms with van der Waals surface area (Å²) in [5.74, 6) is 0.698. The maximum Gasteiger partial charge on any atom is 0.155 e. The van der Waals surface area contributed by atoms with Crippen molar-refractivity contribution in [2.24, 2.45) is 0 Å². The highest BCUT2D eigenvalue weighted by Crippen LogP contribution is 2.36. The molecule has 1 aromatic carbocycles. The average Bonchev–Trinajstić information content (AvgIpc) is 2.38. The number of aromatic nitrogens is 2. The van der Waals surface area contributed by atoms with Gasteiger partial charge in [-0.25, -0.2) is 0 Å². The van der Waals surface area contributed by atoms with Gasteiger partial charge >= 0.3 is 0 Å². The van der Waals surface area contributed by atoms with Crippen LogP contribution >= 0.6 is 11.6 Å². The number of rotatable bonds is 3. The smallest absolute Gasteiger partial charge is 0.149 e. The summed E-state index contributed by atoms with van der Waals surface area (Å²) in [6.45, 7) is 8.63. The van der Waals surface area contributed by atoms with Crippen LogP contribution in [0.4, 0.5) is 0 Å². The molecule has 0 aliphatic carbocycles. The monoisotopic (exact) mass is 274 g/mol. The lowest BCUT2D eigenvalue weighted by Gasteiger charge is -2.19. The van der Waals surface area contributed by atoms with Crippen LogP contribution in [0, 0.1) is 0 Å². The Labute approximate surface area is 119 Å². The lowest BCUT2D eigenvalue weighted by molar-refractivity contribution is 0.768. The van der Waals surface area contributed by atoms with E-state index in [1.54, 1.807) is 0 Å². The van der Waals surface area contributed by atoms with E-state index in [0.29, 0.717) is 17.0 Å². The molecule has 2 rings (SSSR count). The van der Waals surface area contributed by atoms with E-state index in [1.807, 2.05) is 18.2 Å². The molecule has 0 atom stereocenters. The van der Waals surface area contributed by atoms with Crippen molar-refractivity contribution in [3.05, 3.63) is 46.6 Å². The number of hydrogen-bond donors (Lipinski definition) is 0. The van der Waals surface area contributed by atoms with Gasteiger partial charge in [0.2, 0.25) is 0 Å². The lowest BCUT2D eigenvalue weighted by Crippen LogP contribution is -2.07. The van der Waals surface area contributed by atoms with Crippen LogP contribution in [0.15, 0.2) is 30.3 Å². The standard InChI is InChI=1S/C16H19ClN2/c1-10(2)13-14(11(3)4)16(17)19-18-15(13)12-8-6-5-7-9-12/h5-11H,1-4H3. The predicted octanol–water partition coefficient (Wildman–Crippen LogP) is 5.04. The van der Waals surface area contributed by atoms with Gasteiger partial charge in [-0.15, -0.1) is 10.2 Å². The molecular formula is C16H19ClN2. The molecule has 0 aliphatic heterocycles. The second-order valence-electron chi connectivity index (χ2n) is 5.34. The van der Waals surface area contributed by atoms with Crippen LogP contribution in [0.1, 0.15) is 50.7 Å². The number of hydrogen-bond acceptors (Lipinski definition) is 2. The highest BCUT2D eigenvalue weighted by atomic mass is 35.5. The summed E-state index contributed by atoms with van der Waals surface area (Å²) in [6.07, 6.45) is 0. The Morgan fingerprint density at radius 1 is 0.842 bits per heavy atom. The SMILES string of the molecule is CC(C)c1c(Cl)nnc(-c2ccccc2)c1C(C)C. The average molecular weight is 275 g/mol. The highest BCUT2D eigenvalue weighted by molar-refractivity contribution is 6.30. The van der Waals surface area contributed by atoms with Crippen LogP contribution in [0.2, 0.25) is 5.15 Å². The molecule has 0 unspecified atom stereocenters. The molecule has 0 N–H and O–H groups in total. The van der Waals surface area contributed by atoms with Gasteiger partial charge in [-0.3, -0.25) is 0 Å². The minimum absolute atomic E-state index is 0.336. The number of nitrogens with zero attached hydrogens (tertiary/aromatic N) is 2. The first kappa shape index (κ1) is 14.0. The van der Waals surface area contributed by atoms with Crippen molar-refractivity contribution in [1.29, 1.82) is 0 Å². The van der Waals surface area contributed by atoms with Gasteiger partial charge in [0.05, 0.1) is 5.69 Å². The molecule has 2 aromatic rings. The van der Waals surface area contributed by atoms with E-state index in [-0.39, 0.29) is 0 Å². The maximum atomic E-state index is 6.25. The number of halogens is 1. The largest absolute Gasteiger partial charge is 0.155 e. The van der Waals surface area contributed by atoms with Crippen molar-refractivity contribution >= 4 is 11.6 Å². The second-order valence-corrected chi connectivity index (χ2v) is 5.70. The maximum absolute atomic E-state index is 6.25. The van der Waals surface area contributed by atoms with E-state index < -0.39 is 0 Å². The quantitative estimate of drug-likeness (QED) is 0.783. The molecule has 0 aliphatic rings. The van der Waals surface area contributed by atoms with Gasteiger partial charge in [-0.1, -0.05) is 69.6 Å². The molecule has 0 bridgehead atoms. The first-order chi connectivity index (χ1) is 9.02. The van der Waals surface area contributed by atoms with Crippen molar-refractivity contribution in [1.82, 2.24) is 10.2 Å². The molecule has 1 heterocycles. The predicted molar refractivity (Wildman–Crippen MR) is 80.7 cm³/mol. The van der Waals surface area contributed by atoms with Gasteiger partial charge in [-0.2, -0.15) is 0 Å². The molecule has 0 saturated carbocycles. The van der Waals surface area contributed by atoms with Crippen molar-refractivity contribution in [3.63, 3.8) is 0 Å². The summed E-state index contributed by atoms with van der Waals surface area (Å²) in [6, 6.07) is 10.2. The third kappa shape index (κ3) is 2.79. The van der Waals surface area contributed by atoms with Crippen molar-refractivity contribution in [2.45, 2.75) is 39.5 Å². The fraction of sp³-hybridized carbons (Fsp3) is 0.375. The zero-order valence-electron chi connectivity index (χ0n) is 11.8. The zero-order valence-corrected chi connectivity index (χ0v) is 12.6. The minimum Gasteiger partial charge on any atom is -0.149 e. The summed E-state index contributed by atoms with van der Waals surface area (Å²) in [4.78, 5) is 0. The lowest BCUT2D eigenvalue weighted by atomic mass is 9.89. The molecule has 0 spiro atoms. The summed E-state index contributed by atoms with van der Waals surface area (Å²) >= 11 is 6.25. The van der Waals surface area contributed by atoms with Crippen LogP contribution in [0.3, 0.4) is 0 Å². The van der Waals surface area contributed by atoms with Gasteiger partial charge in [0, 0.05) is 5.56 Å². The van der Waals surface area contributed by atoms with Crippen molar-refractivity contribution in [3.8, 4) is 11.3 Å². The van der Waals surface area contributed by atoms with Crippen molar-refractivity contribution < 1.29 is 0 Å². The Morgan fingerprint density at radius 2 is 1.42 bits per heavy atom. The van der Waals surface area contributed by atoms with Crippen molar-refractivity contribution in [2.75, 3.05) is 0 Å². The van der Waals surface area contributed by atoms with E-state index >= 15 is 0 Å². The van der Waals surface area contributed by atoms with E-state index in [2.05, 4.69) is 50.0 Å². The van der Waals surface area contributed by atoms with Crippen LogP contribution < -0.4 is 0 Å². The summed E-state index contributed by atoms with van der Waals surface area (Å²) in [5, 5.41) is 8.99. The normalized spacial score (nSPS) is 11.3. The first-order valence-corrected chi connectivity index (χ1v) is 7.01. The Hall–Kier alpha value is -1.41. The Balaban J connectivity index is 2.72. The van der Waals surface area contributed by atoms with Gasteiger partial charge in [0.1, 0.15) is 0 Å². The van der Waals surface area contributed by atoms with E-state index in [9.17, 15) is 0 Å². The van der Waals surface area contributed by atoms with Gasteiger partial charge in [-0.05, 0) is 23.0 Å². The molecule has 19 heavy (non-hydrogen) atoms. The van der Waals surface area contributed by atoms with Crippen LogP contribution in [0.25, 0.3) is 11.3 Å². The van der Waals surface area contributed by atoms with Crippen LogP contribution in [-0.2, 0) is 0 Å². The van der Waals surface area contributed by atoms with E-state index in [1.165, 1.54) is 5.56 Å². The van der Waals surface area contributed by atoms with Gasteiger partial charge in [0.15, 0.2) is 5.15 Å². The molecule has 100 valence electrons. The third-order valence-electron chi connectivity index (χ3n) is 3.21. The summed E-state index contributed by atoms with van der Waals surface area (Å²) in [7, 11) is 0. The van der Waals surface area contributed by atoms with E-state index in [4.69, 9.17) is 11.6 Å². The summed E-state index contributed by atoms with van der Waals surface area (Å²) in [5.41, 5.74) is 4.37. The fourth-order valence-electron chi connectivity index (χ4n) is 2.38. The molecule has 0 fully saturated rings. The molecule has 0 amide bonds. The summed E-state index contributed by atoms with van der Waals surface area (Å²) < 4.78 is 0. The fourth-order valence-corrected chi connectivity index (χ4v) is 2.74. The Morgan fingerprint density at radius 3 is 1.95 bits per heavy atom. The molecule has 2 nitrogen and oxygen atoms in total. The zero-order chi connectivity index (χ0) is 14.0. The highest BCUT2D eigenvalue weighted by Gasteiger charge is 2.20. The van der Waals surface area contributed by atoms with Gasteiger partial charge in [0.25, 0.3) is 0 Å². The number of benzene rings is 1. The molecule has 1 aromatic heterocycles. The van der Waals surface area contributed by atoms with Crippen LogP contribution in [-0.4, -0.2) is 10.2 Å². The van der Waals surface area contributed by atoms with Gasteiger partial charge < -0.3 is 0 Å². The molecular weight excluding hydrogens is 256 g/mol. The Kier molecular flexibility index (Phi) is 4.20. The molecule has 0 radical (unpaired) electrons.